The van der Waals surface area contributed by atoms with Gasteiger partial charge >= 0.3 is 0 Å². The number of aromatic nitrogens is 1. The number of ether oxygens (including phenoxy) is 1. The minimum absolute atomic E-state index is 0.110. The van der Waals surface area contributed by atoms with Crippen LogP contribution in [0.5, 0.6) is 5.75 Å². The molecule has 2 aromatic carbocycles. The average molecular weight is 303 g/mol. The quantitative estimate of drug-likeness (QED) is 0.713. The highest BCUT2D eigenvalue weighted by molar-refractivity contribution is 6.15. The van der Waals surface area contributed by atoms with Crippen LogP contribution >= 0.6 is 0 Å². The maximum Gasteiger partial charge on any atom is 0.205 e. The Labute approximate surface area is 134 Å². The van der Waals surface area contributed by atoms with E-state index in [0.29, 0.717) is 0 Å². The van der Waals surface area contributed by atoms with Crippen LogP contribution in [0.1, 0.15) is 28.0 Å². The van der Waals surface area contributed by atoms with Crippen LogP contribution in [-0.2, 0) is 6.42 Å². The number of benzene rings is 2. The number of hydrogen-bond donors (Lipinski definition) is 1. The van der Waals surface area contributed by atoms with E-state index >= 15 is 0 Å². The maximum atomic E-state index is 12.8. The molecule has 1 heterocycles. The van der Waals surface area contributed by atoms with E-state index in [-0.39, 0.29) is 5.78 Å². The van der Waals surface area contributed by atoms with Crippen molar-refractivity contribution in [3.8, 4) is 5.75 Å². The smallest absolute Gasteiger partial charge is 0.205 e. The molecule has 1 aliphatic carbocycles. The lowest BCUT2D eigenvalue weighted by Crippen LogP contribution is -2.13. The Morgan fingerprint density at radius 3 is 2.61 bits per heavy atom. The first-order chi connectivity index (χ1) is 11.3. The van der Waals surface area contributed by atoms with Crippen molar-refractivity contribution < 1.29 is 9.53 Å². The first-order valence-electron chi connectivity index (χ1n) is 7.75. The Bertz CT molecular complexity index is 916. The SMILES string of the molecule is COc1ccc(/C=C2\CCc3c([nH]c4ccccc34)C2=O)cc1. The Hall–Kier alpha value is -2.81. The van der Waals surface area contributed by atoms with Gasteiger partial charge in [-0.2, -0.15) is 0 Å². The highest BCUT2D eigenvalue weighted by Crippen LogP contribution is 2.32. The van der Waals surface area contributed by atoms with Gasteiger partial charge in [0.2, 0.25) is 5.78 Å². The van der Waals surface area contributed by atoms with Crippen molar-refractivity contribution in [1.82, 2.24) is 4.98 Å². The molecule has 3 heteroatoms. The standard InChI is InChI=1S/C20H17NO2/c1-23-15-9-6-13(7-10-15)12-14-8-11-17-16-4-2-3-5-18(16)21-19(17)20(14)22/h2-7,9-10,12,21H,8,11H2,1H3/b14-12+. The zero-order valence-electron chi connectivity index (χ0n) is 12.9. The van der Waals surface area contributed by atoms with Crippen molar-refractivity contribution in [2.45, 2.75) is 12.8 Å². The van der Waals surface area contributed by atoms with Crippen molar-refractivity contribution in [2.75, 3.05) is 7.11 Å². The fourth-order valence-electron chi connectivity index (χ4n) is 3.23. The number of Topliss-reactive ketones (excluding diaryl/α,β-unsaturated/α-hetero) is 1. The summed E-state index contributed by atoms with van der Waals surface area (Å²) in [6.45, 7) is 0. The fraction of sp³-hybridized carbons (Fsp3) is 0.150. The highest BCUT2D eigenvalue weighted by atomic mass is 16.5. The number of rotatable bonds is 2. The van der Waals surface area contributed by atoms with E-state index in [2.05, 4.69) is 11.1 Å². The molecule has 1 N–H and O–H groups in total. The molecule has 0 radical (unpaired) electrons. The summed E-state index contributed by atoms with van der Waals surface area (Å²) in [6.07, 6.45) is 3.66. The molecule has 114 valence electrons. The summed E-state index contributed by atoms with van der Waals surface area (Å²) in [6, 6.07) is 15.9. The number of hydrogen-bond acceptors (Lipinski definition) is 2. The number of carbonyl (C=O) groups is 1. The second-order valence-corrected chi connectivity index (χ2v) is 5.80. The number of ketones is 1. The molecule has 0 unspecified atom stereocenters. The van der Waals surface area contributed by atoms with Gasteiger partial charge in [0.15, 0.2) is 0 Å². The zero-order chi connectivity index (χ0) is 15.8. The number of nitrogens with one attached hydrogen (secondary N) is 1. The van der Waals surface area contributed by atoms with Crippen LogP contribution in [0.15, 0.2) is 54.1 Å². The van der Waals surface area contributed by atoms with Gasteiger partial charge in [0.25, 0.3) is 0 Å². The van der Waals surface area contributed by atoms with Crippen LogP contribution < -0.4 is 4.74 Å². The first-order valence-corrected chi connectivity index (χ1v) is 7.75. The van der Waals surface area contributed by atoms with Crippen LogP contribution in [0.25, 0.3) is 17.0 Å². The lowest BCUT2D eigenvalue weighted by atomic mass is 9.89. The number of fused-ring (bicyclic) bond motifs is 3. The van der Waals surface area contributed by atoms with E-state index in [1.54, 1.807) is 7.11 Å². The van der Waals surface area contributed by atoms with Crippen LogP contribution in [-0.4, -0.2) is 17.9 Å². The molecule has 0 aliphatic heterocycles. The molecule has 0 saturated heterocycles. The molecule has 0 bridgehead atoms. The molecular formula is C20H17NO2. The van der Waals surface area contributed by atoms with Gasteiger partial charge in [-0.15, -0.1) is 0 Å². The van der Waals surface area contributed by atoms with Gasteiger partial charge in [-0.05, 0) is 48.2 Å². The maximum absolute atomic E-state index is 12.8. The normalized spacial score (nSPS) is 15.9. The van der Waals surface area contributed by atoms with Crippen LogP contribution in [0.3, 0.4) is 0 Å². The molecule has 0 saturated carbocycles. The number of para-hydroxylation sites is 1. The molecule has 3 aromatic rings. The number of allylic oxidation sites excluding steroid dienone is 1. The Morgan fingerprint density at radius 1 is 1.04 bits per heavy atom. The third-order valence-electron chi connectivity index (χ3n) is 4.43. The lowest BCUT2D eigenvalue weighted by Gasteiger charge is -2.14. The van der Waals surface area contributed by atoms with Crippen molar-refractivity contribution >= 4 is 22.8 Å². The van der Waals surface area contributed by atoms with Crippen molar-refractivity contribution in [1.29, 1.82) is 0 Å². The predicted octanol–water partition coefficient (Wildman–Crippen LogP) is 4.39. The molecular weight excluding hydrogens is 286 g/mol. The Kier molecular flexibility index (Phi) is 3.27. The van der Waals surface area contributed by atoms with Gasteiger partial charge in [0.1, 0.15) is 5.75 Å². The minimum Gasteiger partial charge on any atom is -0.497 e. The lowest BCUT2D eigenvalue weighted by molar-refractivity contribution is 0.102. The molecule has 0 amide bonds. The van der Waals surface area contributed by atoms with Gasteiger partial charge in [-0.3, -0.25) is 4.79 Å². The molecule has 0 fully saturated rings. The molecule has 4 rings (SSSR count). The van der Waals surface area contributed by atoms with Crippen molar-refractivity contribution in [3.63, 3.8) is 0 Å². The van der Waals surface area contributed by atoms with Gasteiger partial charge < -0.3 is 9.72 Å². The molecule has 1 aliphatic rings. The van der Waals surface area contributed by atoms with E-state index in [0.717, 1.165) is 46.5 Å². The van der Waals surface area contributed by atoms with Gasteiger partial charge in [-0.1, -0.05) is 30.3 Å². The molecule has 0 spiro atoms. The van der Waals surface area contributed by atoms with Gasteiger partial charge in [0.05, 0.1) is 12.8 Å². The largest absolute Gasteiger partial charge is 0.497 e. The minimum atomic E-state index is 0.110. The third-order valence-corrected chi connectivity index (χ3v) is 4.43. The van der Waals surface area contributed by atoms with E-state index < -0.39 is 0 Å². The summed E-state index contributed by atoms with van der Waals surface area (Å²) in [7, 11) is 1.65. The predicted molar refractivity (Wildman–Crippen MR) is 91.9 cm³/mol. The summed E-state index contributed by atoms with van der Waals surface area (Å²) in [5.74, 6) is 0.929. The molecule has 0 atom stereocenters. The van der Waals surface area contributed by atoms with E-state index in [9.17, 15) is 4.79 Å². The molecule has 3 nitrogen and oxygen atoms in total. The number of aromatic amines is 1. The number of carbonyl (C=O) groups excluding carboxylic acids is 1. The van der Waals surface area contributed by atoms with Crippen molar-refractivity contribution in [3.05, 3.63) is 70.9 Å². The summed E-state index contributed by atoms with van der Waals surface area (Å²) >= 11 is 0. The third kappa shape index (κ3) is 2.34. The van der Waals surface area contributed by atoms with Crippen LogP contribution in [0.4, 0.5) is 0 Å². The van der Waals surface area contributed by atoms with Crippen LogP contribution in [0.2, 0.25) is 0 Å². The van der Waals surface area contributed by atoms with Crippen molar-refractivity contribution in [2.24, 2.45) is 0 Å². The topological polar surface area (TPSA) is 42.1 Å². The summed E-state index contributed by atoms with van der Waals surface area (Å²) in [5, 5.41) is 1.17. The van der Waals surface area contributed by atoms with Gasteiger partial charge in [-0.25, -0.2) is 0 Å². The summed E-state index contributed by atoms with van der Waals surface area (Å²) in [4.78, 5) is 16.1. The fourth-order valence-corrected chi connectivity index (χ4v) is 3.23. The number of methoxy groups -OCH3 is 1. The summed E-state index contributed by atoms with van der Waals surface area (Å²) in [5.41, 5.74) is 4.81. The Balaban J connectivity index is 1.72. The van der Waals surface area contributed by atoms with E-state index in [1.807, 2.05) is 48.5 Å². The average Bonchev–Trinajstić information content (AvgIpc) is 2.98. The second kappa shape index (κ2) is 5.43. The van der Waals surface area contributed by atoms with Crippen LogP contribution in [0, 0.1) is 0 Å². The summed E-state index contributed by atoms with van der Waals surface area (Å²) < 4.78 is 5.17. The number of H-pyrrole nitrogens is 1. The first kappa shape index (κ1) is 13.8. The molecule has 1 aromatic heterocycles. The second-order valence-electron chi connectivity index (χ2n) is 5.80. The number of aryl methyl sites for hydroxylation is 1. The van der Waals surface area contributed by atoms with E-state index in [4.69, 9.17) is 4.74 Å². The Morgan fingerprint density at radius 2 is 1.83 bits per heavy atom. The monoisotopic (exact) mass is 303 g/mol. The molecule has 23 heavy (non-hydrogen) atoms. The van der Waals surface area contributed by atoms with Gasteiger partial charge in [0, 0.05) is 16.5 Å². The van der Waals surface area contributed by atoms with E-state index in [1.165, 1.54) is 5.39 Å². The highest BCUT2D eigenvalue weighted by Gasteiger charge is 2.25. The zero-order valence-corrected chi connectivity index (χ0v) is 12.9.